The van der Waals surface area contributed by atoms with Gasteiger partial charge in [0, 0.05) is 17.8 Å². The van der Waals surface area contributed by atoms with E-state index in [0.29, 0.717) is 40.2 Å². The molecule has 0 N–H and O–H groups in total. The summed E-state index contributed by atoms with van der Waals surface area (Å²) in [7, 11) is 0. The summed E-state index contributed by atoms with van der Waals surface area (Å²) in [6.45, 7) is -0.552. The van der Waals surface area contributed by atoms with Crippen LogP contribution in [0.5, 0.6) is 11.6 Å². The van der Waals surface area contributed by atoms with Crippen LogP contribution in [0, 0.1) is 6.92 Å². The first-order valence-electron chi connectivity index (χ1n) is 10.0. The first-order valence-corrected chi connectivity index (χ1v) is 10.8. The third-order valence-corrected chi connectivity index (χ3v) is 5.77. The number of hydrogen-bond acceptors (Lipinski definition) is 6. The van der Waals surface area contributed by atoms with Gasteiger partial charge in [0.05, 0.1) is 34.3 Å². The van der Waals surface area contributed by atoms with Gasteiger partial charge in [0.1, 0.15) is 24.0 Å². The van der Waals surface area contributed by atoms with Crippen LogP contribution in [0.25, 0.3) is 22.7 Å². The fourth-order valence-corrected chi connectivity index (χ4v) is 3.90. The van der Waals surface area contributed by atoms with E-state index >= 15 is 0 Å². The summed E-state index contributed by atoms with van der Waals surface area (Å²) in [5, 5.41) is 3.87. The number of benzene rings is 1. The summed E-state index contributed by atoms with van der Waals surface area (Å²) in [6, 6.07) is 7.40. The molecule has 1 saturated heterocycles. The molecule has 3 aromatic heterocycles. The maximum Gasteiger partial charge on any atom is 0.388 e. The number of imidazole rings is 1. The molecule has 4 aromatic rings. The van der Waals surface area contributed by atoms with E-state index in [-0.39, 0.29) is 17.7 Å². The average Bonchev–Trinajstić information content (AvgIpc) is 3.32. The van der Waals surface area contributed by atoms with Gasteiger partial charge in [-0.2, -0.15) is 8.78 Å². The zero-order chi connectivity index (χ0) is 24.0. The van der Waals surface area contributed by atoms with Crippen LogP contribution in [-0.2, 0) is 4.74 Å². The second-order valence-electron chi connectivity index (χ2n) is 7.46. The van der Waals surface area contributed by atoms with Crippen LogP contribution in [0.15, 0.2) is 41.1 Å². The highest BCUT2D eigenvalue weighted by molar-refractivity contribution is 9.10. The summed E-state index contributed by atoms with van der Waals surface area (Å²) in [5.41, 5.74) is 1.12. The molecule has 34 heavy (non-hydrogen) atoms. The molecule has 0 unspecified atom stereocenters. The summed E-state index contributed by atoms with van der Waals surface area (Å²) in [4.78, 5) is 8.75. The smallest absolute Gasteiger partial charge is 0.388 e. The molecular weight excluding hydrogens is 526 g/mol. The molecule has 5 rings (SSSR count). The predicted octanol–water partition coefficient (Wildman–Crippen LogP) is 4.99. The number of alkyl halides is 4. The highest BCUT2D eigenvalue weighted by atomic mass is 79.9. The quantitative estimate of drug-likeness (QED) is 0.307. The lowest BCUT2D eigenvalue weighted by Gasteiger charge is -2.27. The number of ether oxygens (including phenoxy) is 3. The molecule has 4 heterocycles. The van der Waals surface area contributed by atoms with Crippen LogP contribution in [0.3, 0.4) is 0 Å². The SMILES string of the molecule is Cc1cc(OC(F)F)nn1-c1nc(-n2cnc3cc(OC4COC4)c(Br)cc32)ccc1C(F)F. The van der Waals surface area contributed by atoms with Crippen LogP contribution >= 0.6 is 15.9 Å². The van der Waals surface area contributed by atoms with E-state index in [1.807, 2.05) is 0 Å². The van der Waals surface area contributed by atoms with Crippen molar-refractivity contribution in [1.29, 1.82) is 0 Å². The van der Waals surface area contributed by atoms with Crippen molar-refractivity contribution in [3.8, 4) is 23.3 Å². The lowest BCUT2D eigenvalue weighted by molar-refractivity contribution is -0.0799. The Morgan fingerprint density at radius 3 is 2.62 bits per heavy atom. The van der Waals surface area contributed by atoms with Gasteiger partial charge >= 0.3 is 6.61 Å². The van der Waals surface area contributed by atoms with Gasteiger partial charge in [-0.15, -0.1) is 5.10 Å². The summed E-state index contributed by atoms with van der Waals surface area (Å²) < 4.78 is 71.3. The number of pyridine rings is 1. The molecule has 13 heteroatoms. The first-order chi connectivity index (χ1) is 16.3. The monoisotopic (exact) mass is 541 g/mol. The standard InChI is InChI=1S/C21H16BrF4N5O3/c1-10-4-18(34-21(25)26)29-31(10)20-12(19(23)24)2-3-17(28-20)30-9-27-14-6-16(13(22)5-15(14)30)33-11-7-32-8-11/h2-6,9,11,19,21H,7-8H2,1H3. The Balaban J connectivity index is 1.57. The van der Waals surface area contributed by atoms with Crippen LogP contribution in [-0.4, -0.2) is 50.2 Å². The molecule has 178 valence electrons. The van der Waals surface area contributed by atoms with Crippen LogP contribution < -0.4 is 9.47 Å². The topological polar surface area (TPSA) is 76.2 Å². The van der Waals surface area contributed by atoms with Gasteiger partial charge < -0.3 is 14.2 Å². The lowest BCUT2D eigenvalue weighted by Crippen LogP contribution is -2.38. The van der Waals surface area contributed by atoms with Gasteiger partial charge in [-0.25, -0.2) is 23.4 Å². The average molecular weight is 542 g/mol. The van der Waals surface area contributed by atoms with E-state index in [0.717, 1.165) is 4.68 Å². The Bertz CT molecular complexity index is 1360. The summed E-state index contributed by atoms with van der Waals surface area (Å²) in [5.74, 6) is 0.272. The third-order valence-electron chi connectivity index (χ3n) is 5.15. The Morgan fingerprint density at radius 1 is 1.15 bits per heavy atom. The Hall–Kier alpha value is -3.19. The Morgan fingerprint density at radius 2 is 1.94 bits per heavy atom. The fourth-order valence-electron chi connectivity index (χ4n) is 3.48. The van der Waals surface area contributed by atoms with Crippen molar-refractivity contribution in [2.45, 2.75) is 26.1 Å². The van der Waals surface area contributed by atoms with E-state index in [4.69, 9.17) is 9.47 Å². The second-order valence-corrected chi connectivity index (χ2v) is 8.31. The molecule has 8 nitrogen and oxygen atoms in total. The normalized spacial score (nSPS) is 14.2. The number of halogens is 5. The summed E-state index contributed by atoms with van der Waals surface area (Å²) >= 11 is 3.49. The fraction of sp³-hybridized carbons (Fsp3) is 0.286. The van der Waals surface area contributed by atoms with E-state index in [9.17, 15) is 17.6 Å². The molecule has 0 amide bonds. The number of nitrogens with zero attached hydrogens (tertiary/aromatic N) is 5. The number of aryl methyl sites for hydroxylation is 1. The van der Waals surface area contributed by atoms with Crippen molar-refractivity contribution in [1.82, 2.24) is 24.3 Å². The highest BCUT2D eigenvalue weighted by Crippen LogP contribution is 2.33. The van der Waals surface area contributed by atoms with E-state index in [1.54, 1.807) is 16.7 Å². The lowest BCUT2D eigenvalue weighted by atomic mass is 10.2. The van der Waals surface area contributed by atoms with Crippen molar-refractivity contribution in [2.75, 3.05) is 13.2 Å². The second kappa shape index (κ2) is 8.87. The molecule has 1 aromatic carbocycles. The molecule has 1 aliphatic rings. The van der Waals surface area contributed by atoms with Crippen LogP contribution in [0.4, 0.5) is 17.6 Å². The molecule has 0 atom stereocenters. The molecule has 0 spiro atoms. The third kappa shape index (κ3) is 4.20. The minimum Gasteiger partial charge on any atom is -0.484 e. The van der Waals surface area contributed by atoms with E-state index in [1.165, 1.54) is 31.5 Å². The zero-order valence-electron chi connectivity index (χ0n) is 17.5. The van der Waals surface area contributed by atoms with Crippen molar-refractivity contribution in [3.63, 3.8) is 0 Å². The maximum absolute atomic E-state index is 13.7. The molecule has 1 fully saturated rings. The first kappa shape index (κ1) is 22.6. The van der Waals surface area contributed by atoms with Gasteiger partial charge in [0.2, 0.25) is 5.88 Å². The van der Waals surface area contributed by atoms with Crippen molar-refractivity contribution in [2.24, 2.45) is 0 Å². The minimum absolute atomic E-state index is 0.0294. The number of aromatic nitrogens is 5. The molecule has 1 aliphatic heterocycles. The van der Waals surface area contributed by atoms with Crippen LogP contribution in [0.1, 0.15) is 17.7 Å². The van der Waals surface area contributed by atoms with Gasteiger partial charge in [0.15, 0.2) is 5.82 Å². The minimum atomic E-state index is -3.10. The molecule has 0 aliphatic carbocycles. The van der Waals surface area contributed by atoms with Crippen LogP contribution in [0.2, 0.25) is 0 Å². The molecular formula is C21H16BrF4N5O3. The van der Waals surface area contributed by atoms with Gasteiger partial charge in [-0.3, -0.25) is 4.57 Å². The van der Waals surface area contributed by atoms with Gasteiger partial charge in [-0.1, -0.05) is 0 Å². The predicted molar refractivity (Wildman–Crippen MR) is 115 cm³/mol. The van der Waals surface area contributed by atoms with E-state index in [2.05, 4.69) is 35.7 Å². The number of hydrogen-bond donors (Lipinski definition) is 0. The molecule has 0 bridgehead atoms. The zero-order valence-corrected chi connectivity index (χ0v) is 19.0. The Labute approximate surface area is 198 Å². The van der Waals surface area contributed by atoms with Crippen molar-refractivity contribution in [3.05, 3.63) is 52.4 Å². The molecule has 0 radical (unpaired) electrons. The number of rotatable bonds is 7. The van der Waals surface area contributed by atoms with Crippen molar-refractivity contribution >= 4 is 27.0 Å². The highest BCUT2D eigenvalue weighted by Gasteiger charge is 2.23. The largest absolute Gasteiger partial charge is 0.484 e. The van der Waals surface area contributed by atoms with Gasteiger partial charge in [-0.05, 0) is 41.1 Å². The van der Waals surface area contributed by atoms with Gasteiger partial charge in [0.25, 0.3) is 6.43 Å². The maximum atomic E-state index is 13.7. The summed E-state index contributed by atoms with van der Waals surface area (Å²) in [6.07, 6.45) is -1.40. The molecule has 0 saturated carbocycles. The Kier molecular flexibility index (Phi) is 5.90. The van der Waals surface area contributed by atoms with Crippen molar-refractivity contribution < 1.29 is 31.8 Å². The number of fused-ring (bicyclic) bond motifs is 1. The van der Waals surface area contributed by atoms with E-state index < -0.39 is 24.5 Å².